The third-order valence-electron chi connectivity index (χ3n) is 0.361. The molecule has 0 amide bonds. The molecule has 0 rings (SSSR count). The largest absolute Gasteiger partial charge is 0.419 e. The van der Waals surface area contributed by atoms with Gasteiger partial charge in [-0.3, -0.25) is 0 Å². The molecule has 3 heteroatoms. The van der Waals surface area contributed by atoms with Crippen molar-refractivity contribution in [1.29, 1.82) is 0 Å². The zero-order chi connectivity index (χ0) is 5.70. The van der Waals surface area contributed by atoms with Gasteiger partial charge >= 0.3 is 0 Å². The fourth-order valence-electron chi connectivity index (χ4n) is 0.127. The van der Waals surface area contributed by atoms with Gasteiger partial charge in [-0.05, 0) is 6.08 Å². The molecular formula is C4H8N2O. The van der Waals surface area contributed by atoms with Crippen molar-refractivity contribution in [1.82, 2.24) is 0 Å². The summed E-state index contributed by atoms with van der Waals surface area (Å²) in [4.78, 5) is 4.03. The normalized spacial score (nSPS) is 9.29. The molecule has 7 heavy (non-hydrogen) atoms. The van der Waals surface area contributed by atoms with Crippen LogP contribution in [-0.4, -0.2) is 0 Å². The molecule has 0 aromatic heterocycles. The van der Waals surface area contributed by atoms with Crippen molar-refractivity contribution in [2.75, 3.05) is 0 Å². The standard InChI is InChI=1S/C4H8N2O/c1-4(5)2-3-7-6/h2-3H,1,5-6H2/b3-2-. The highest BCUT2D eigenvalue weighted by Crippen LogP contribution is 1.76. The molecular weight excluding hydrogens is 92.1 g/mol. The fourth-order valence-corrected chi connectivity index (χ4v) is 0.127. The van der Waals surface area contributed by atoms with Gasteiger partial charge in [-0.15, -0.1) is 0 Å². The highest BCUT2D eigenvalue weighted by molar-refractivity contribution is 5.06. The number of nitrogens with two attached hydrogens (primary N) is 2. The van der Waals surface area contributed by atoms with E-state index in [4.69, 9.17) is 5.73 Å². The Kier molecular flexibility index (Phi) is 2.79. The Morgan fingerprint density at radius 2 is 2.29 bits per heavy atom. The Labute approximate surface area is 42.2 Å². The molecule has 3 nitrogen and oxygen atoms in total. The first-order valence-electron chi connectivity index (χ1n) is 1.74. The SMILES string of the molecule is C=C(N)/C=C\ON. The minimum absolute atomic E-state index is 0.422. The number of hydrogen-bond donors (Lipinski definition) is 2. The summed E-state index contributed by atoms with van der Waals surface area (Å²) in [5.41, 5.74) is 5.48. The Hall–Kier alpha value is -0.960. The molecule has 0 unspecified atom stereocenters. The van der Waals surface area contributed by atoms with Gasteiger partial charge in [0, 0.05) is 5.70 Å². The lowest BCUT2D eigenvalue weighted by atomic mass is 10.5. The van der Waals surface area contributed by atoms with E-state index in [9.17, 15) is 0 Å². The zero-order valence-corrected chi connectivity index (χ0v) is 3.92. The van der Waals surface area contributed by atoms with Crippen molar-refractivity contribution >= 4 is 0 Å². The lowest BCUT2D eigenvalue weighted by Crippen LogP contribution is -1.92. The minimum Gasteiger partial charge on any atom is -0.419 e. The highest BCUT2D eigenvalue weighted by atomic mass is 16.6. The Morgan fingerprint density at radius 1 is 1.71 bits per heavy atom. The second-order valence-electron chi connectivity index (χ2n) is 1.01. The summed E-state index contributed by atoms with van der Waals surface area (Å²) >= 11 is 0. The second kappa shape index (κ2) is 3.24. The van der Waals surface area contributed by atoms with E-state index in [0.717, 1.165) is 0 Å². The number of allylic oxidation sites excluding steroid dienone is 1. The molecule has 0 atom stereocenters. The molecule has 0 aliphatic carbocycles. The minimum atomic E-state index is 0.422. The van der Waals surface area contributed by atoms with Gasteiger partial charge in [-0.1, -0.05) is 6.58 Å². The monoisotopic (exact) mass is 100 g/mol. The van der Waals surface area contributed by atoms with Gasteiger partial charge in [0.05, 0.1) is 0 Å². The number of hydrogen-bond acceptors (Lipinski definition) is 3. The van der Waals surface area contributed by atoms with Gasteiger partial charge in [0.25, 0.3) is 0 Å². The van der Waals surface area contributed by atoms with E-state index in [-0.39, 0.29) is 0 Å². The van der Waals surface area contributed by atoms with Gasteiger partial charge in [-0.2, -0.15) is 5.90 Å². The second-order valence-corrected chi connectivity index (χ2v) is 1.01. The van der Waals surface area contributed by atoms with E-state index >= 15 is 0 Å². The Morgan fingerprint density at radius 3 is 2.43 bits per heavy atom. The van der Waals surface area contributed by atoms with Crippen LogP contribution in [0.25, 0.3) is 0 Å². The molecule has 0 heterocycles. The predicted octanol–water partition coefficient (Wildman–Crippen LogP) is -0.137. The van der Waals surface area contributed by atoms with Gasteiger partial charge in [0.15, 0.2) is 0 Å². The molecule has 4 N–H and O–H groups in total. The van der Waals surface area contributed by atoms with E-state index in [1.54, 1.807) is 0 Å². The van der Waals surface area contributed by atoms with E-state index in [1.165, 1.54) is 12.3 Å². The van der Waals surface area contributed by atoms with E-state index < -0.39 is 0 Å². The van der Waals surface area contributed by atoms with Crippen LogP contribution in [0.15, 0.2) is 24.6 Å². The lowest BCUT2D eigenvalue weighted by molar-refractivity contribution is 0.261. The fraction of sp³-hybridized carbons (Fsp3) is 0. The van der Waals surface area contributed by atoms with Crippen molar-refractivity contribution in [3.8, 4) is 0 Å². The summed E-state index contributed by atoms with van der Waals surface area (Å²) in [6.07, 6.45) is 2.71. The Balaban J connectivity index is 3.26. The van der Waals surface area contributed by atoms with Crippen LogP contribution in [0.5, 0.6) is 0 Å². The van der Waals surface area contributed by atoms with Crippen molar-refractivity contribution < 1.29 is 4.84 Å². The third kappa shape index (κ3) is 5.04. The molecule has 0 radical (unpaired) electrons. The topological polar surface area (TPSA) is 61.3 Å². The van der Waals surface area contributed by atoms with E-state index in [0.29, 0.717) is 5.70 Å². The molecule has 0 aliphatic rings. The molecule has 0 bridgehead atoms. The predicted molar refractivity (Wildman–Crippen MR) is 27.7 cm³/mol. The van der Waals surface area contributed by atoms with Gasteiger partial charge in [0.2, 0.25) is 0 Å². The zero-order valence-electron chi connectivity index (χ0n) is 3.92. The van der Waals surface area contributed by atoms with Crippen LogP contribution in [0.2, 0.25) is 0 Å². The summed E-state index contributed by atoms with van der Waals surface area (Å²) < 4.78 is 0. The van der Waals surface area contributed by atoms with Crippen molar-refractivity contribution in [3.05, 3.63) is 24.6 Å². The van der Waals surface area contributed by atoms with Gasteiger partial charge < -0.3 is 10.6 Å². The summed E-state index contributed by atoms with van der Waals surface area (Å²) in [5.74, 6) is 4.59. The van der Waals surface area contributed by atoms with Crippen LogP contribution in [0.3, 0.4) is 0 Å². The summed E-state index contributed by atoms with van der Waals surface area (Å²) in [5, 5.41) is 0. The smallest absolute Gasteiger partial charge is 0.112 e. The van der Waals surface area contributed by atoms with Gasteiger partial charge in [-0.25, -0.2) is 0 Å². The molecule has 0 aromatic rings. The van der Waals surface area contributed by atoms with E-state index in [2.05, 4.69) is 17.3 Å². The van der Waals surface area contributed by atoms with Crippen LogP contribution in [-0.2, 0) is 4.84 Å². The molecule has 0 fully saturated rings. The lowest BCUT2D eigenvalue weighted by Gasteiger charge is -1.83. The summed E-state index contributed by atoms with van der Waals surface area (Å²) in [6, 6.07) is 0. The van der Waals surface area contributed by atoms with Crippen LogP contribution in [0.4, 0.5) is 0 Å². The number of rotatable bonds is 2. The first-order chi connectivity index (χ1) is 3.27. The van der Waals surface area contributed by atoms with Crippen LogP contribution < -0.4 is 11.6 Å². The van der Waals surface area contributed by atoms with E-state index in [1.807, 2.05) is 0 Å². The third-order valence-corrected chi connectivity index (χ3v) is 0.361. The highest BCUT2D eigenvalue weighted by Gasteiger charge is 1.68. The molecule has 0 spiro atoms. The maximum atomic E-state index is 5.06. The molecule has 0 saturated heterocycles. The quantitative estimate of drug-likeness (QED) is 0.288. The molecule has 0 saturated carbocycles. The average Bonchev–Trinajstić information content (AvgIpc) is 1.61. The Bertz CT molecular complexity index is 87.7. The molecule has 0 aromatic carbocycles. The van der Waals surface area contributed by atoms with Crippen molar-refractivity contribution in [2.45, 2.75) is 0 Å². The molecule has 0 aliphatic heterocycles. The first kappa shape index (κ1) is 6.04. The van der Waals surface area contributed by atoms with Crippen LogP contribution >= 0.6 is 0 Å². The van der Waals surface area contributed by atoms with Crippen LogP contribution in [0, 0.1) is 0 Å². The van der Waals surface area contributed by atoms with Crippen molar-refractivity contribution in [3.63, 3.8) is 0 Å². The average molecular weight is 100 g/mol. The first-order valence-corrected chi connectivity index (χ1v) is 1.74. The maximum Gasteiger partial charge on any atom is 0.112 e. The van der Waals surface area contributed by atoms with Gasteiger partial charge in [0.1, 0.15) is 6.26 Å². The van der Waals surface area contributed by atoms with Crippen molar-refractivity contribution in [2.24, 2.45) is 11.6 Å². The summed E-state index contributed by atoms with van der Waals surface area (Å²) in [6.45, 7) is 3.35. The van der Waals surface area contributed by atoms with Crippen LogP contribution in [0.1, 0.15) is 0 Å². The molecule has 40 valence electrons. The summed E-state index contributed by atoms with van der Waals surface area (Å²) in [7, 11) is 0. The maximum absolute atomic E-state index is 5.06.